The zero-order chi connectivity index (χ0) is 15.0. The lowest BCUT2D eigenvalue weighted by atomic mass is 10.1. The number of amides is 1. The molecule has 2 heterocycles. The van der Waals surface area contributed by atoms with Gasteiger partial charge in [-0.15, -0.1) is 0 Å². The van der Waals surface area contributed by atoms with E-state index in [1.807, 2.05) is 0 Å². The molecule has 0 saturated carbocycles. The predicted octanol–water partition coefficient (Wildman–Crippen LogP) is 0.316. The predicted molar refractivity (Wildman–Crippen MR) is 65.9 cm³/mol. The molecule has 0 spiro atoms. The normalized spacial score (nSPS) is 32.5. The number of halogens is 3. The van der Waals surface area contributed by atoms with Gasteiger partial charge in [0.05, 0.1) is 11.5 Å². The molecule has 0 aromatic rings. The topological polar surface area (TPSA) is 66.5 Å². The zero-order valence-corrected chi connectivity index (χ0v) is 11.6. The molecule has 2 fully saturated rings. The van der Waals surface area contributed by atoms with Crippen molar-refractivity contribution >= 4 is 15.7 Å². The highest BCUT2D eigenvalue weighted by atomic mass is 32.2. The van der Waals surface area contributed by atoms with Crippen molar-refractivity contribution in [3.8, 4) is 0 Å². The van der Waals surface area contributed by atoms with Gasteiger partial charge in [0, 0.05) is 25.6 Å². The minimum atomic E-state index is -4.49. The molecule has 2 aliphatic rings. The van der Waals surface area contributed by atoms with Crippen LogP contribution in [0, 0.1) is 0 Å². The highest BCUT2D eigenvalue weighted by molar-refractivity contribution is 7.91. The van der Waals surface area contributed by atoms with Crippen LogP contribution in [-0.4, -0.2) is 62.1 Å². The molecule has 2 aliphatic heterocycles. The number of alkyl halides is 3. The fourth-order valence-corrected chi connectivity index (χ4v) is 4.52. The van der Waals surface area contributed by atoms with Crippen molar-refractivity contribution < 1.29 is 26.4 Å². The van der Waals surface area contributed by atoms with Gasteiger partial charge < -0.3 is 5.32 Å². The van der Waals surface area contributed by atoms with Gasteiger partial charge >= 0.3 is 6.18 Å². The maximum Gasteiger partial charge on any atom is 0.405 e. The second kappa shape index (κ2) is 5.51. The number of hydrogen-bond acceptors (Lipinski definition) is 4. The summed E-state index contributed by atoms with van der Waals surface area (Å²) in [6.45, 7) is -0.574. The zero-order valence-electron chi connectivity index (χ0n) is 10.8. The molecule has 1 amide bonds. The average Bonchev–Trinajstić information content (AvgIpc) is 2.49. The van der Waals surface area contributed by atoms with E-state index in [2.05, 4.69) is 5.32 Å². The number of carbonyl (C=O) groups excluding carboxylic acids is 1. The van der Waals surface area contributed by atoms with Gasteiger partial charge in [-0.3, -0.25) is 9.69 Å². The average molecular weight is 314 g/mol. The third kappa shape index (κ3) is 3.63. The van der Waals surface area contributed by atoms with E-state index in [9.17, 15) is 26.4 Å². The molecule has 20 heavy (non-hydrogen) atoms. The monoisotopic (exact) mass is 314 g/mol. The molecule has 2 rings (SSSR count). The molecule has 0 aliphatic carbocycles. The van der Waals surface area contributed by atoms with E-state index in [0.29, 0.717) is 12.8 Å². The fourth-order valence-electron chi connectivity index (χ4n) is 2.80. The number of carbonyl (C=O) groups is 1. The molecule has 5 nitrogen and oxygen atoms in total. The van der Waals surface area contributed by atoms with Crippen LogP contribution in [0.25, 0.3) is 0 Å². The first-order valence-corrected chi connectivity index (χ1v) is 8.31. The molecule has 2 saturated heterocycles. The highest BCUT2D eigenvalue weighted by Crippen LogP contribution is 2.30. The number of sulfone groups is 1. The van der Waals surface area contributed by atoms with Gasteiger partial charge in [0.1, 0.15) is 6.04 Å². The molecule has 0 aromatic heterocycles. The second-order valence-electron chi connectivity index (χ2n) is 5.26. The van der Waals surface area contributed by atoms with Gasteiger partial charge in [-0.05, 0) is 12.8 Å². The molecule has 9 heteroatoms. The van der Waals surface area contributed by atoms with E-state index in [1.165, 1.54) is 0 Å². The Kier molecular flexibility index (Phi) is 4.29. The van der Waals surface area contributed by atoms with Crippen molar-refractivity contribution in [3.63, 3.8) is 0 Å². The molecular formula is C11H17F3N2O3S. The summed E-state index contributed by atoms with van der Waals surface area (Å²) in [6, 6.07) is -2.47. The van der Waals surface area contributed by atoms with Gasteiger partial charge in [0.15, 0.2) is 9.84 Å². The Balaban J connectivity index is 2.22. The van der Waals surface area contributed by atoms with Gasteiger partial charge in [-0.2, -0.15) is 13.2 Å². The van der Waals surface area contributed by atoms with Crippen LogP contribution in [0.3, 0.4) is 0 Å². The number of rotatable bonds is 1. The Bertz CT molecular complexity index is 478. The molecule has 0 bridgehead atoms. The summed E-state index contributed by atoms with van der Waals surface area (Å²) in [5, 5.41) is 2.24. The van der Waals surface area contributed by atoms with E-state index in [-0.39, 0.29) is 24.5 Å². The molecule has 2 unspecified atom stereocenters. The first-order chi connectivity index (χ1) is 9.19. The van der Waals surface area contributed by atoms with Crippen molar-refractivity contribution in [3.05, 3.63) is 0 Å². The van der Waals surface area contributed by atoms with Crippen LogP contribution in [-0.2, 0) is 14.6 Å². The van der Waals surface area contributed by atoms with Crippen molar-refractivity contribution in [2.24, 2.45) is 0 Å². The van der Waals surface area contributed by atoms with E-state index < -0.39 is 40.5 Å². The number of nitrogens with zero attached hydrogens (tertiary/aromatic N) is 1. The minimum Gasteiger partial charge on any atom is -0.354 e. The summed E-state index contributed by atoms with van der Waals surface area (Å²) in [5.74, 6) is -0.653. The quantitative estimate of drug-likeness (QED) is 0.757. The molecule has 116 valence electrons. The van der Waals surface area contributed by atoms with Crippen LogP contribution in [0.2, 0.25) is 0 Å². The van der Waals surface area contributed by atoms with E-state index in [0.717, 1.165) is 4.90 Å². The Hall–Kier alpha value is -0.830. The summed E-state index contributed by atoms with van der Waals surface area (Å²) in [7, 11) is -3.29. The molecule has 1 N–H and O–H groups in total. The van der Waals surface area contributed by atoms with Gasteiger partial charge in [0.25, 0.3) is 0 Å². The Labute approximate surface area is 115 Å². The SMILES string of the molecule is O=C1CCN(C2CCCS(=O)(=O)C2)C(C(F)(F)F)CN1. The third-order valence-corrected chi connectivity index (χ3v) is 5.58. The highest BCUT2D eigenvalue weighted by Gasteiger charge is 2.47. The Morgan fingerprint density at radius 2 is 2.00 bits per heavy atom. The van der Waals surface area contributed by atoms with Crippen LogP contribution in [0.5, 0.6) is 0 Å². The lowest BCUT2D eigenvalue weighted by molar-refractivity contribution is -0.186. The standard InChI is InChI=1S/C11H17F3N2O3S/c12-11(13,14)9-6-15-10(17)3-4-16(9)8-2-1-5-20(18,19)7-8/h8-9H,1-7H2,(H,15,17). The number of nitrogens with one attached hydrogen (secondary N) is 1. The van der Waals surface area contributed by atoms with Crippen molar-refractivity contribution in [2.75, 3.05) is 24.6 Å². The summed E-state index contributed by atoms with van der Waals surface area (Å²) < 4.78 is 62.6. The first kappa shape index (κ1) is 15.6. The minimum absolute atomic E-state index is 0.0329. The van der Waals surface area contributed by atoms with E-state index >= 15 is 0 Å². The van der Waals surface area contributed by atoms with Gasteiger partial charge in [0.2, 0.25) is 5.91 Å². The molecule has 0 radical (unpaired) electrons. The second-order valence-corrected chi connectivity index (χ2v) is 7.49. The Morgan fingerprint density at radius 1 is 1.30 bits per heavy atom. The van der Waals surface area contributed by atoms with Gasteiger partial charge in [-0.1, -0.05) is 0 Å². The van der Waals surface area contributed by atoms with Crippen LogP contribution < -0.4 is 5.32 Å². The smallest absolute Gasteiger partial charge is 0.354 e. The maximum absolute atomic E-state index is 13.1. The summed E-state index contributed by atoms with van der Waals surface area (Å²) in [6.07, 6.45) is -3.74. The molecular weight excluding hydrogens is 297 g/mol. The van der Waals surface area contributed by atoms with Crippen molar-refractivity contribution in [2.45, 2.75) is 37.5 Å². The van der Waals surface area contributed by atoms with Gasteiger partial charge in [-0.25, -0.2) is 8.42 Å². The summed E-state index contributed by atoms with van der Waals surface area (Å²) in [5.41, 5.74) is 0. The first-order valence-electron chi connectivity index (χ1n) is 6.48. The molecule has 2 atom stereocenters. The maximum atomic E-state index is 13.1. The number of hydrogen-bond donors (Lipinski definition) is 1. The summed E-state index contributed by atoms with van der Waals surface area (Å²) in [4.78, 5) is 12.4. The third-order valence-electron chi connectivity index (χ3n) is 3.78. The van der Waals surface area contributed by atoms with Crippen molar-refractivity contribution in [1.82, 2.24) is 10.2 Å². The van der Waals surface area contributed by atoms with E-state index in [1.54, 1.807) is 0 Å². The Morgan fingerprint density at radius 3 is 2.60 bits per heavy atom. The van der Waals surface area contributed by atoms with E-state index in [4.69, 9.17) is 0 Å². The molecule has 0 aromatic carbocycles. The van der Waals surface area contributed by atoms with Crippen LogP contribution >= 0.6 is 0 Å². The lowest BCUT2D eigenvalue weighted by Gasteiger charge is -2.38. The van der Waals surface area contributed by atoms with Crippen LogP contribution in [0.1, 0.15) is 19.3 Å². The summed E-state index contributed by atoms with van der Waals surface area (Å²) >= 11 is 0. The fraction of sp³-hybridized carbons (Fsp3) is 0.909. The van der Waals surface area contributed by atoms with Crippen LogP contribution in [0.4, 0.5) is 13.2 Å². The van der Waals surface area contributed by atoms with Crippen LogP contribution in [0.15, 0.2) is 0 Å². The van der Waals surface area contributed by atoms with Crippen molar-refractivity contribution in [1.29, 1.82) is 0 Å². The largest absolute Gasteiger partial charge is 0.405 e. The lowest BCUT2D eigenvalue weighted by Crippen LogP contribution is -2.56.